The molecular formula is C21H23N3O2. The van der Waals surface area contributed by atoms with Crippen LogP contribution in [0.4, 0.5) is 0 Å². The van der Waals surface area contributed by atoms with Gasteiger partial charge in [-0.2, -0.15) is 0 Å². The van der Waals surface area contributed by atoms with Crippen molar-refractivity contribution in [3.05, 3.63) is 66.0 Å². The fourth-order valence-corrected chi connectivity index (χ4v) is 3.66. The second-order valence-electron chi connectivity index (χ2n) is 7.37. The Labute approximate surface area is 153 Å². The first-order valence-corrected chi connectivity index (χ1v) is 9.17. The maximum Gasteiger partial charge on any atom is 0.225 e. The van der Waals surface area contributed by atoms with Gasteiger partial charge >= 0.3 is 0 Å². The molecule has 1 N–H and O–H groups in total. The van der Waals surface area contributed by atoms with Crippen LogP contribution in [0.15, 0.2) is 54.7 Å². The van der Waals surface area contributed by atoms with E-state index in [4.69, 9.17) is 0 Å². The smallest absolute Gasteiger partial charge is 0.225 e. The molecule has 1 atom stereocenters. The minimum absolute atomic E-state index is 0.0107. The minimum atomic E-state index is -0.259. The summed E-state index contributed by atoms with van der Waals surface area (Å²) in [5, 5.41) is 3.07. The van der Waals surface area contributed by atoms with E-state index in [2.05, 4.69) is 10.3 Å². The number of amides is 2. The molecule has 0 radical (unpaired) electrons. The molecule has 0 bridgehead atoms. The van der Waals surface area contributed by atoms with Crippen molar-refractivity contribution in [1.29, 1.82) is 0 Å². The Bertz CT molecular complexity index is 787. The fraction of sp³-hybridized carbons (Fsp3) is 0.381. The molecule has 1 aromatic heterocycles. The van der Waals surface area contributed by atoms with Gasteiger partial charge in [-0.25, -0.2) is 0 Å². The van der Waals surface area contributed by atoms with E-state index in [1.54, 1.807) is 11.1 Å². The quantitative estimate of drug-likeness (QED) is 0.870. The summed E-state index contributed by atoms with van der Waals surface area (Å²) in [6.07, 6.45) is 4.20. The molecule has 2 aromatic rings. The van der Waals surface area contributed by atoms with Crippen molar-refractivity contribution in [1.82, 2.24) is 15.2 Å². The molecule has 1 unspecified atom stereocenters. The molecule has 2 heterocycles. The van der Waals surface area contributed by atoms with Gasteiger partial charge in [0.2, 0.25) is 11.8 Å². The topological polar surface area (TPSA) is 62.3 Å². The Morgan fingerprint density at radius 3 is 2.62 bits per heavy atom. The fourth-order valence-electron chi connectivity index (χ4n) is 3.66. The van der Waals surface area contributed by atoms with Crippen LogP contribution in [0.5, 0.6) is 0 Å². The van der Waals surface area contributed by atoms with Crippen molar-refractivity contribution in [3.63, 3.8) is 0 Å². The number of nitrogens with one attached hydrogen (secondary N) is 1. The van der Waals surface area contributed by atoms with Crippen molar-refractivity contribution in [2.75, 3.05) is 13.1 Å². The van der Waals surface area contributed by atoms with Crippen molar-refractivity contribution in [2.24, 2.45) is 5.92 Å². The lowest BCUT2D eigenvalue weighted by Gasteiger charge is -2.18. The van der Waals surface area contributed by atoms with Crippen molar-refractivity contribution >= 4 is 11.8 Å². The van der Waals surface area contributed by atoms with Gasteiger partial charge in [-0.05, 0) is 30.5 Å². The average molecular weight is 349 g/mol. The van der Waals surface area contributed by atoms with Gasteiger partial charge in [0.1, 0.15) is 0 Å². The molecule has 1 aliphatic heterocycles. The second kappa shape index (κ2) is 6.90. The molecule has 26 heavy (non-hydrogen) atoms. The first-order chi connectivity index (χ1) is 12.7. The molecule has 1 aromatic carbocycles. The summed E-state index contributed by atoms with van der Waals surface area (Å²) < 4.78 is 0. The van der Waals surface area contributed by atoms with E-state index < -0.39 is 0 Å². The van der Waals surface area contributed by atoms with Crippen LogP contribution in [0.3, 0.4) is 0 Å². The van der Waals surface area contributed by atoms with Crippen molar-refractivity contribution < 1.29 is 9.59 Å². The molecule has 2 fully saturated rings. The van der Waals surface area contributed by atoms with Crippen LogP contribution in [-0.2, 0) is 21.5 Å². The van der Waals surface area contributed by atoms with Gasteiger partial charge in [-0.1, -0.05) is 36.4 Å². The highest BCUT2D eigenvalue weighted by Gasteiger charge is 2.46. The van der Waals surface area contributed by atoms with E-state index in [0.29, 0.717) is 26.1 Å². The number of aromatic nitrogens is 1. The third kappa shape index (κ3) is 3.47. The van der Waals surface area contributed by atoms with E-state index in [0.717, 1.165) is 24.1 Å². The number of hydrogen-bond acceptors (Lipinski definition) is 3. The standard InChI is InChI=1S/C21H23N3O2/c25-19-12-17(14-24(19)13-16-6-2-1-3-7-16)20(26)23-15-21(9-10-21)18-8-4-5-11-22-18/h1-8,11,17H,9-10,12-15H2,(H,23,26). The maximum atomic E-state index is 12.6. The number of hydrogen-bond donors (Lipinski definition) is 1. The van der Waals surface area contributed by atoms with E-state index in [-0.39, 0.29) is 23.1 Å². The zero-order valence-electron chi connectivity index (χ0n) is 14.7. The van der Waals surface area contributed by atoms with E-state index in [1.807, 2.05) is 48.5 Å². The summed E-state index contributed by atoms with van der Waals surface area (Å²) in [5.41, 5.74) is 2.13. The second-order valence-corrected chi connectivity index (χ2v) is 7.37. The predicted molar refractivity (Wildman–Crippen MR) is 98.1 cm³/mol. The average Bonchev–Trinajstić information content (AvgIpc) is 3.39. The van der Waals surface area contributed by atoms with Gasteiger partial charge in [0.15, 0.2) is 0 Å². The van der Waals surface area contributed by atoms with Crippen molar-refractivity contribution in [3.8, 4) is 0 Å². The molecule has 5 heteroatoms. The SMILES string of the molecule is O=C(NCC1(c2ccccn2)CC1)C1CC(=O)N(Cc2ccccc2)C1. The lowest BCUT2D eigenvalue weighted by Crippen LogP contribution is -2.37. The minimum Gasteiger partial charge on any atom is -0.355 e. The number of pyridine rings is 1. The van der Waals surface area contributed by atoms with Crippen LogP contribution in [-0.4, -0.2) is 34.8 Å². The Morgan fingerprint density at radius 2 is 1.92 bits per heavy atom. The summed E-state index contributed by atoms with van der Waals surface area (Å²) in [4.78, 5) is 31.1. The third-order valence-corrected chi connectivity index (χ3v) is 5.46. The summed E-state index contributed by atoms with van der Waals surface area (Å²) >= 11 is 0. The number of carbonyl (C=O) groups is 2. The first-order valence-electron chi connectivity index (χ1n) is 9.17. The van der Waals surface area contributed by atoms with Gasteiger partial charge in [0.25, 0.3) is 0 Å². The van der Waals surface area contributed by atoms with Crippen LogP contribution in [0.1, 0.15) is 30.5 Å². The number of benzene rings is 1. The summed E-state index contributed by atoms with van der Waals surface area (Å²) in [6, 6.07) is 15.8. The molecule has 2 amide bonds. The van der Waals surface area contributed by atoms with Crippen LogP contribution < -0.4 is 5.32 Å². The molecule has 0 spiro atoms. The molecule has 2 aliphatic rings. The Hall–Kier alpha value is -2.69. The molecule has 5 nitrogen and oxygen atoms in total. The van der Waals surface area contributed by atoms with Gasteiger partial charge < -0.3 is 10.2 Å². The molecule has 1 saturated carbocycles. The number of carbonyl (C=O) groups excluding carboxylic acids is 2. The van der Waals surface area contributed by atoms with E-state index >= 15 is 0 Å². The third-order valence-electron chi connectivity index (χ3n) is 5.46. The largest absolute Gasteiger partial charge is 0.355 e. The molecular weight excluding hydrogens is 326 g/mol. The zero-order valence-corrected chi connectivity index (χ0v) is 14.7. The highest BCUT2D eigenvalue weighted by atomic mass is 16.2. The number of rotatable bonds is 6. The highest BCUT2D eigenvalue weighted by molar-refractivity contribution is 5.89. The summed E-state index contributed by atoms with van der Waals surface area (Å²) in [6.45, 7) is 1.67. The molecule has 1 aliphatic carbocycles. The van der Waals surface area contributed by atoms with E-state index in [1.165, 1.54) is 0 Å². The lowest BCUT2D eigenvalue weighted by atomic mass is 10.0. The van der Waals surface area contributed by atoms with E-state index in [9.17, 15) is 9.59 Å². The van der Waals surface area contributed by atoms with Crippen LogP contribution >= 0.6 is 0 Å². The maximum absolute atomic E-state index is 12.6. The number of likely N-dealkylation sites (tertiary alicyclic amines) is 1. The lowest BCUT2D eigenvalue weighted by molar-refractivity contribution is -0.129. The molecule has 1 saturated heterocycles. The summed E-state index contributed by atoms with van der Waals surface area (Å²) in [5.74, 6) is -0.221. The van der Waals surface area contributed by atoms with Crippen LogP contribution in [0, 0.1) is 5.92 Å². The molecule has 4 rings (SSSR count). The predicted octanol–water partition coefficient (Wildman–Crippen LogP) is 2.28. The van der Waals surface area contributed by atoms with Gasteiger partial charge in [0, 0.05) is 43.4 Å². The van der Waals surface area contributed by atoms with Crippen LogP contribution in [0.2, 0.25) is 0 Å². The van der Waals surface area contributed by atoms with Crippen molar-refractivity contribution in [2.45, 2.75) is 31.2 Å². The zero-order chi connectivity index (χ0) is 18.0. The summed E-state index contributed by atoms with van der Waals surface area (Å²) in [7, 11) is 0. The highest BCUT2D eigenvalue weighted by Crippen LogP contribution is 2.46. The Balaban J connectivity index is 1.32. The van der Waals surface area contributed by atoms with Gasteiger partial charge in [-0.3, -0.25) is 14.6 Å². The van der Waals surface area contributed by atoms with Crippen LogP contribution in [0.25, 0.3) is 0 Å². The number of nitrogens with zero attached hydrogens (tertiary/aromatic N) is 2. The first kappa shape index (κ1) is 16.8. The monoisotopic (exact) mass is 349 g/mol. The normalized spacial score (nSPS) is 20.8. The molecule has 134 valence electrons. The van der Waals surface area contributed by atoms with Gasteiger partial charge in [-0.15, -0.1) is 0 Å². The van der Waals surface area contributed by atoms with Gasteiger partial charge in [0.05, 0.1) is 5.92 Å². The Kier molecular flexibility index (Phi) is 4.45. The Morgan fingerprint density at radius 1 is 1.15 bits per heavy atom.